The van der Waals surface area contributed by atoms with E-state index in [-0.39, 0.29) is 0 Å². The molecule has 0 spiro atoms. The van der Waals surface area contributed by atoms with Crippen molar-refractivity contribution in [2.24, 2.45) is 5.41 Å². The average molecular weight is 229 g/mol. The second-order valence-corrected chi connectivity index (χ2v) is 17.5. The minimum Gasteiger partial charge on any atom is -0.0990 e. The third-order valence-corrected chi connectivity index (χ3v) is 6.15. The number of allylic oxidation sites excluding steroid dienone is 1. The van der Waals surface area contributed by atoms with Crippen LogP contribution in [0.4, 0.5) is 0 Å². The Bertz CT molecular complexity index is 202. The van der Waals surface area contributed by atoms with E-state index in [2.05, 4.69) is 65.8 Å². The summed E-state index contributed by atoms with van der Waals surface area (Å²) in [6.07, 6.45) is 0. The van der Waals surface area contributed by atoms with E-state index in [4.69, 9.17) is 0 Å². The van der Waals surface area contributed by atoms with Gasteiger partial charge in [-0.1, -0.05) is 70.9 Å². The second-order valence-electron chi connectivity index (χ2n) is 7.42. The molecule has 0 saturated heterocycles. The lowest BCUT2D eigenvalue weighted by atomic mass is 9.97. The summed E-state index contributed by atoms with van der Waals surface area (Å²) in [6.45, 7) is 21.8. The molecule has 0 aromatic heterocycles. The van der Waals surface area contributed by atoms with Crippen LogP contribution in [0.15, 0.2) is 10.9 Å². The van der Waals surface area contributed by atoms with Gasteiger partial charge in [0.05, 0.1) is 16.1 Å². The largest absolute Gasteiger partial charge is 0.0990 e. The van der Waals surface area contributed by atoms with E-state index in [9.17, 15) is 0 Å². The summed E-state index contributed by atoms with van der Waals surface area (Å²) >= 11 is 0. The van der Waals surface area contributed by atoms with E-state index in [0.29, 0.717) is 5.41 Å². The van der Waals surface area contributed by atoms with E-state index in [1.54, 1.807) is 5.20 Å². The fourth-order valence-electron chi connectivity index (χ4n) is 1.99. The van der Waals surface area contributed by atoms with Crippen LogP contribution in [0.2, 0.25) is 39.3 Å². The fraction of sp³-hybridized carbons (Fsp3) is 0.833. The van der Waals surface area contributed by atoms with Gasteiger partial charge in [-0.15, -0.1) is 0 Å². The van der Waals surface area contributed by atoms with Crippen LogP contribution in [0.3, 0.4) is 0 Å². The third-order valence-electron chi connectivity index (χ3n) is 2.19. The minimum atomic E-state index is -1.14. The molecule has 14 heavy (non-hydrogen) atoms. The molecule has 0 unspecified atom stereocenters. The third kappa shape index (κ3) is 5.15. The van der Waals surface area contributed by atoms with E-state index in [0.717, 1.165) is 0 Å². The maximum atomic E-state index is 2.64. The van der Waals surface area contributed by atoms with Crippen molar-refractivity contribution in [2.75, 3.05) is 0 Å². The lowest BCUT2D eigenvalue weighted by Crippen LogP contribution is -2.35. The average Bonchev–Trinajstić information content (AvgIpc) is 1.75. The van der Waals surface area contributed by atoms with E-state index < -0.39 is 16.1 Å². The van der Waals surface area contributed by atoms with Crippen molar-refractivity contribution in [3.63, 3.8) is 0 Å². The van der Waals surface area contributed by atoms with Crippen LogP contribution in [0.1, 0.15) is 20.8 Å². The molecule has 0 atom stereocenters. The zero-order valence-electron chi connectivity index (χ0n) is 11.6. The fourth-order valence-corrected chi connectivity index (χ4v) is 8.57. The molecule has 0 heterocycles. The van der Waals surface area contributed by atoms with Gasteiger partial charge in [-0.3, -0.25) is 0 Å². The van der Waals surface area contributed by atoms with Gasteiger partial charge in [-0.25, -0.2) is 0 Å². The van der Waals surface area contributed by atoms with E-state index >= 15 is 0 Å². The number of rotatable bonds is 2. The summed E-state index contributed by atoms with van der Waals surface area (Å²) in [5.74, 6) is 0. The molecule has 2 heteroatoms. The van der Waals surface area contributed by atoms with Gasteiger partial charge >= 0.3 is 0 Å². The monoisotopic (exact) mass is 228 g/mol. The first-order chi connectivity index (χ1) is 5.84. The van der Waals surface area contributed by atoms with Gasteiger partial charge < -0.3 is 0 Å². The van der Waals surface area contributed by atoms with E-state index in [1.165, 1.54) is 0 Å². The summed E-state index contributed by atoms with van der Waals surface area (Å²) in [5.41, 5.74) is 3.00. The molecule has 0 aromatic carbocycles. The highest BCUT2D eigenvalue weighted by molar-refractivity contribution is 6.88. The zero-order valence-corrected chi connectivity index (χ0v) is 13.6. The maximum Gasteiger partial charge on any atom is 0.0722 e. The molecule has 0 N–H and O–H groups in total. The van der Waals surface area contributed by atoms with Gasteiger partial charge in [0.15, 0.2) is 0 Å². The Labute approximate surface area is 92.8 Å². The van der Waals surface area contributed by atoms with Crippen LogP contribution in [0.25, 0.3) is 0 Å². The standard InChI is InChI=1S/C12H28Si2/c1-12(2,3)11(14(7,8)9)10-13(4,5)6/h10H,1-9H3/b11-10-. The molecular formula is C12H28Si2. The minimum absolute atomic E-state index is 0.366. The van der Waals surface area contributed by atoms with Gasteiger partial charge in [0.1, 0.15) is 0 Å². The summed E-state index contributed by atoms with van der Waals surface area (Å²) in [5, 5.41) is 1.75. The van der Waals surface area contributed by atoms with Gasteiger partial charge in [0.25, 0.3) is 0 Å². The summed E-state index contributed by atoms with van der Waals surface area (Å²) in [6, 6.07) is 0. The quantitative estimate of drug-likeness (QED) is 0.600. The van der Waals surface area contributed by atoms with Crippen molar-refractivity contribution >= 4 is 16.1 Å². The molecule has 0 saturated carbocycles. The van der Waals surface area contributed by atoms with Crippen molar-refractivity contribution in [1.82, 2.24) is 0 Å². The van der Waals surface area contributed by atoms with Crippen LogP contribution in [0, 0.1) is 5.41 Å². The molecule has 0 fully saturated rings. The lowest BCUT2D eigenvalue weighted by Gasteiger charge is -2.35. The first-order valence-electron chi connectivity index (χ1n) is 5.58. The molecule has 0 rings (SSSR count). The SMILES string of the molecule is CC(C)(C)/C(=C/[Si](C)(C)C)[Si](C)(C)C. The Kier molecular flexibility index (Phi) is 4.02. The lowest BCUT2D eigenvalue weighted by molar-refractivity contribution is 0.526. The summed E-state index contributed by atoms with van der Waals surface area (Å²) < 4.78 is 0. The highest BCUT2D eigenvalue weighted by atomic mass is 28.3. The first kappa shape index (κ1) is 14.2. The van der Waals surface area contributed by atoms with Gasteiger partial charge in [-0.2, -0.15) is 0 Å². The van der Waals surface area contributed by atoms with Crippen molar-refractivity contribution in [1.29, 1.82) is 0 Å². The Morgan fingerprint density at radius 2 is 1.21 bits per heavy atom. The molecule has 0 aliphatic heterocycles. The number of hydrogen-bond acceptors (Lipinski definition) is 0. The molecule has 0 radical (unpaired) electrons. The maximum absolute atomic E-state index is 2.64. The van der Waals surface area contributed by atoms with Crippen molar-refractivity contribution in [3.8, 4) is 0 Å². The molecule has 84 valence electrons. The van der Waals surface area contributed by atoms with Crippen LogP contribution in [-0.4, -0.2) is 16.1 Å². The van der Waals surface area contributed by atoms with Crippen LogP contribution >= 0.6 is 0 Å². The molecule has 0 nitrogen and oxygen atoms in total. The molecule has 0 aromatic rings. The summed E-state index contributed by atoms with van der Waals surface area (Å²) in [4.78, 5) is 0. The Morgan fingerprint density at radius 1 is 0.857 bits per heavy atom. The second kappa shape index (κ2) is 3.97. The van der Waals surface area contributed by atoms with Crippen LogP contribution < -0.4 is 0 Å². The first-order valence-corrected chi connectivity index (χ1v) is 12.7. The molecule has 0 amide bonds. The van der Waals surface area contributed by atoms with Gasteiger partial charge in [-0.05, 0) is 5.41 Å². The van der Waals surface area contributed by atoms with Crippen molar-refractivity contribution in [2.45, 2.75) is 60.1 Å². The van der Waals surface area contributed by atoms with Gasteiger partial charge in [0, 0.05) is 0 Å². The van der Waals surface area contributed by atoms with Crippen LogP contribution in [-0.2, 0) is 0 Å². The Balaban J connectivity index is 5.26. The molecule has 0 aliphatic carbocycles. The van der Waals surface area contributed by atoms with Gasteiger partial charge in [0.2, 0.25) is 0 Å². The van der Waals surface area contributed by atoms with Crippen molar-refractivity contribution in [3.05, 3.63) is 10.9 Å². The predicted octanol–water partition coefficient (Wildman–Crippen LogP) is 4.71. The summed E-state index contributed by atoms with van der Waals surface area (Å²) in [7, 11) is -2.20. The van der Waals surface area contributed by atoms with Crippen LogP contribution in [0.5, 0.6) is 0 Å². The predicted molar refractivity (Wildman–Crippen MR) is 74.2 cm³/mol. The number of hydrogen-bond donors (Lipinski definition) is 0. The van der Waals surface area contributed by atoms with Crippen molar-refractivity contribution < 1.29 is 0 Å². The topological polar surface area (TPSA) is 0 Å². The smallest absolute Gasteiger partial charge is 0.0722 e. The highest BCUT2D eigenvalue weighted by Gasteiger charge is 2.30. The molecule has 0 bridgehead atoms. The molecule has 0 aliphatic rings. The normalized spacial score (nSPS) is 15.9. The Hall–Kier alpha value is 0.174. The van der Waals surface area contributed by atoms with E-state index in [1.807, 2.05) is 0 Å². The highest BCUT2D eigenvalue weighted by Crippen LogP contribution is 2.34. The Morgan fingerprint density at radius 3 is 1.29 bits per heavy atom. The molecular weight excluding hydrogens is 200 g/mol. The zero-order chi connectivity index (χ0) is 11.8.